The van der Waals surface area contributed by atoms with Gasteiger partial charge in [0, 0.05) is 17.1 Å². The van der Waals surface area contributed by atoms with Crippen LogP contribution in [-0.4, -0.2) is 10.4 Å². The lowest BCUT2D eigenvalue weighted by molar-refractivity contribution is 0.276. The first kappa shape index (κ1) is 10.1. The summed E-state index contributed by atoms with van der Waals surface area (Å²) in [4.78, 5) is 1.44. The minimum absolute atomic E-state index is 0.407. The summed E-state index contributed by atoms with van der Waals surface area (Å²) in [5.74, 6) is 1.51. The summed E-state index contributed by atoms with van der Waals surface area (Å²) in [6.45, 7) is 2.29. The zero-order valence-corrected chi connectivity index (χ0v) is 9.46. The van der Waals surface area contributed by atoms with E-state index in [1.807, 2.05) is 6.20 Å². The van der Waals surface area contributed by atoms with Gasteiger partial charge in [-0.25, -0.2) is 4.37 Å². The topological polar surface area (TPSA) is 38.9 Å². The summed E-state index contributed by atoms with van der Waals surface area (Å²) >= 11 is 1.65. The molecular weight excluding hydrogens is 192 g/mol. The minimum Gasteiger partial charge on any atom is -0.328 e. The van der Waals surface area contributed by atoms with E-state index in [1.54, 1.807) is 11.5 Å². The quantitative estimate of drug-likeness (QED) is 0.815. The first-order chi connectivity index (χ1) is 6.81. The zero-order valence-electron chi connectivity index (χ0n) is 8.65. The molecule has 1 aliphatic carbocycles. The van der Waals surface area contributed by atoms with Gasteiger partial charge in [-0.3, -0.25) is 0 Å². The van der Waals surface area contributed by atoms with Crippen LogP contribution in [0, 0.1) is 5.92 Å². The van der Waals surface area contributed by atoms with Gasteiger partial charge in [0.1, 0.15) is 0 Å². The van der Waals surface area contributed by atoms with Gasteiger partial charge in [0.15, 0.2) is 0 Å². The van der Waals surface area contributed by atoms with Crippen molar-refractivity contribution in [1.29, 1.82) is 0 Å². The van der Waals surface area contributed by atoms with Crippen LogP contribution >= 0.6 is 11.5 Å². The monoisotopic (exact) mass is 210 g/mol. The summed E-state index contributed by atoms with van der Waals surface area (Å²) in [6.07, 6.45) is 6.83. The second kappa shape index (κ2) is 4.41. The molecule has 1 saturated carbocycles. The third-order valence-corrected chi connectivity index (χ3v) is 4.26. The minimum atomic E-state index is 0.407. The van der Waals surface area contributed by atoms with E-state index >= 15 is 0 Å². The van der Waals surface area contributed by atoms with E-state index in [2.05, 4.69) is 17.4 Å². The third-order valence-electron chi connectivity index (χ3n) is 3.38. The second-order valence-corrected chi connectivity index (χ2v) is 5.13. The predicted octanol–water partition coefficient (Wildman–Crippen LogP) is 2.76. The van der Waals surface area contributed by atoms with Crippen molar-refractivity contribution >= 4 is 11.5 Å². The Hall–Kier alpha value is -0.410. The standard InChI is InChI=1S/C11H18N2S/c1-2-8-3-4-9(12)7-10(8)11-5-6-13-14-11/h5-6,8-10H,2-4,7,12H2,1H3. The van der Waals surface area contributed by atoms with E-state index in [4.69, 9.17) is 5.73 Å². The maximum atomic E-state index is 6.03. The molecule has 78 valence electrons. The Balaban J connectivity index is 2.13. The molecule has 0 aliphatic heterocycles. The van der Waals surface area contributed by atoms with E-state index in [0.717, 1.165) is 12.3 Å². The van der Waals surface area contributed by atoms with Crippen molar-refractivity contribution in [3.05, 3.63) is 17.1 Å². The van der Waals surface area contributed by atoms with Crippen LogP contribution < -0.4 is 5.73 Å². The summed E-state index contributed by atoms with van der Waals surface area (Å²) in [6, 6.07) is 2.57. The van der Waals surface area contributed by atoms with Gasteiger partial charge in [0.25, 0.3) is 0 Å². The van der Waals surface area contributed by atoms with Gasteiger partial charge in [0.2, 0.25) is 0 Å². The lowest BCUT2D eigenvalue weighted by Gasteiger charge is -2.33. The highest BCUT2D eigenvalue weighted by molar-refractivity contribution is 7.05. The SMILES string of the molecule is CCC1CCC(N)CC1c1ccns1. The first-order valence-corrected chi connectivity index (χ1v) is 6.24. The summed E-state index contributed by atoms with van der Waals surface area (Å²) < 4.78 is 4.19. The number of hydrogen-bond donors (Lipinski definition) is 1. The molecule has 0 amide bonds. The van der Waals surface area contributed by atoms with Gasteiger partial charge in [-0.1, -0.05) is 13.3 Å². The molecule has 0 aromatic carbocycles. The molecular formula is C11H18N2S. The highest BCUT2D eigenvalue weighted by Crippen LogP contribution is 2.40. The molecule has 3 heteroatoms. The Kier molecular flexibility index (Phi) is 3.19. The highest BCUT2D eigenvalue weighted by Gasteiger charge is 2.29. The van der Waals surface area contributed by atoms with E-state index in [9.17, 15) is 0 Å². The molecule has 3 atom stereocenters. The molecule has 2 rings (SSSR count). The predicted molar refractivity (Wildman–Crippen MR) is 60.5 cm³/mol. The number of hydrogen-bond acceptors (Lipinski definition) is 3. The van der Waals surface area contributed by atoms with Crippen molar-refractivity contribution in [2.24, 2.45) is 11.7 Å². The number of aromatic nitrogens is 1. The van der Waals surface area contributed by atoms with Gasteiger partial charge in [-0.15, -0.1) is 0 Å². The van der Waals surface area contributed by atoms with Crippen LogP contribution in [0.25, 0.3) is 0 Å². The Morgan fingerprint density at radius 3 is 3.07 bits per heavy atom. The summed E-state index contributed by atoms with van der Waals surface area (Å²) in [5, 5.41) is 0. The average molecular weight is 210 g/mol. The van der Waals surface area contributed by atoms with Crippen molar-refractivity contribution < 1.29 is 0 Å². The molecule has 2 N–H and O–H groups in total. The maximum Gasteiger partial charge on any atom is 0.0409 e. The van der Waals surface area contributed by atoms with E-state index in [0.29, 0.717) is 12.0 Å². The molecule has 1 aliphatic rings. The van der Waals surface area contributed by atoms with Crippen LogP contribution in [-0.2, 0) is 0 Å². The van der Waals surface area contributed by atoms with Crippen LogP contribution in [0.3, 0.4) is 0 Å². The normalized spacial score (nSPS) is 33.1. The molecule has 0 saturated heterocycles. The Bertz CT molecular complexity index is 271. The van der Waals surface area contributed by atoms with Crippen molar-refractivity contribution in [2.45, 2.75) is 44.6 Å². The van der Waals surface area contributed by atoms with Gasteiger partial charge in [-0.2, -0.15) is 0 Å². The van der Waals surface area contributed by atoms with Gasteiger partial charge >= 0.3 is 0 Å². The highest BCUT2D eigenvalue weighted by atomic mass is 32.1. The maximum absolute atomic E-state index is 6.03. The van der Waals surface area contributed by atoms with Crippen molar-refractivity contribution in [1.82, 2.24) is 4.37 Å². The van der Waals surface area contributed by atoms with Crippen LogP contribution in [0.5, 0.6) is 0 Å². The molecule has 0 radical (unpaired) electrons. The fourth-order valence-electron chi connectivity index (χ4n) is 2.52. The summed E-state index contributed by atoms with van der Waals surface area (Å²) in [5.41, 5.74) is 6.03. The van der Waals surface area contributed by atoms with Gasteiger partial charge in [0.05, 0.1) is 0 Å². The molecule has 2 nitrogen and oxygen atoms in total. The molecule has 1 aromatic heterocycles. The fourth-order valence-corrected chi connectivity index (χ4v) is 3.31. The van der Waals surface area contributed by atoms with Crippen LogP contribution in [0.1, 0.15) is 43.4 Å². The van der Waals surface area contributed by atoms with Gasteiger partial charge < -0.3 is 5.73 Å². The molecule has 0 bridgehead atoms. The number of nitrogens with zero attached hydrogens (tertiary/aromatic N) is 1. The molecule has 3 unspecified atom stereocenters. The van der Waals surface area contributed by atoms with E-state index < -0.39 is 0 Å². The van der Waals surface area contributed by atoms with Crippen molar-refractivity contribution in [2.75, 3.05) is 0 Å². The Morgan fingerprint density at radius 2 is 2.43 bits per heavy atom. The first-order valence-electron chi connectivity index (χ1n) is 5.47. The number of rotatable bonds is 2. The Labute approximate surface area is 89.7 Å². The largest absolute Gasteiger partial charge is 0.328 e. The van der Waals surface area contributed by atoms with Crippen LogP contribution in [0.4, 0.5) is 0 Å². The lowest BCUT2D eigenvalue weighted by atomic mass is 9.75. The molecule has 14 heavy (non-hydrogen) atoms. The summed E-state index contributed by atoms with van der Waals surface area (Å²) in [7, 11) is 0. The van der Waals surface area contributed by atoms with E-state index in [-0.39, 0.29) is 0 Å². The van der Waals surface area contributed by atoms with E-state index in [1.165, 1.54) is 24.1 Å². The Morgan fingerprint density at radius 1 is 1.57 bits per heavy atom. The van der Waals surface area contributed by atoms with Crippen LogP contribution in [0.15, 0.2) is 12.3 Å². The zero-order chi connectivity index (χ0) is 9.97. The van der Waals surface area contributed by atoms with Crippen molar-refractivity contribution in [3.8, 4) is 0 Å². The second-order valence-electron chi connectivity index (χ2n) is 4.26. The smallest absolute Gasteiger partial charge is 0.0409 e. The van der Waals surface area contributed by atoms with Crippen LogP contribution in [0.2, 0.25) is 0 Å². The third kappa shape index (κ3) is 1.98. The molecule has 1 fully saturated rings. The van der Waals surface area contributed by atoms with Gasteiger partial charge in [-0.05, 0) is 48.7 Å². The lowest BCUT2D eigenvalue weighted by Crippen LogP contribution is -2.31. The number of nitrogens with two attached hydrogens (primary N) is 1. The fraction of sp³-hybridized carbons (Fsp3) is 0.727. The molecule has 0 spiro atoms. The molecule has 1 aromatic rings. The van der Waals surface area contributed by atoms with Crippen molar-refractivity contribution in [3.63, 3.8) is 0 Å². The average Bonchev–Trinajstić information content (AvgIpc) is 2.70. The molecule has 1 heterocycles.